The van der Waals surface area contributed by atoms with Gasteiger partial charge in [0.05, 0.1) is 28.3 Å². The molecule has 0 fully saturated rings. The van der Waals surface area contributed by atoms with Crippen molar-refractivity contribution in [2.45, 2.75) is 16.8 Å². The van der Waals surface area contributed by atoms with Crippen LogP contribution in [0.5, 0.6) is 0 Å². The predicted octanol–water partition coefficient (Wildman–Crippen LogP) is 5.55. The molecule has 1 aliphatic rings. The van der Waals surface area contributed by atoms with Crippen molar-refractivity contribution in [3.05, 3.63) is 76.6 Å². The van der Waals surface area contributed by atoms with Gasteiger partial charge < -0.3 is 9.73 Å². The van der Waals surface area contributed by atoms with Crippen LogP contribution in [0.3, 0.4) is 0 Å². The van der Waals surface area contributed by atoms with Gasteiger partial charge in [0.25, 0.3) is 5.91 Å². The van der Waals surface area contributed by atoms with E-state index < -0.39 is 0 Å². The molecular formula is C21H16FN5O2S3. The van der Waals surface area contributed by atoms with Gasteiger partial charge in [-0.25, -0.2) is 9.40 Å². The Morgan fingerprint density at radius 2 is 2.12 bits per heavy atom. The van der Waals surface area contributed by atoms with E-state index in [9.17, 15) is 9.18 Å². The molecule has 1 aromatic carbocycles. The van der Waals surface area contributed by atoms with E-state index in [0.717, 1.165) is 10.6 Å². The second-order valence-electron chi connectivity index (χ2n) is 6.76. The molecule has 4 aromatic rings. The number of halogens is 1. The van der Waals surface area contributed by atoms with Crippen LogP contribution in [0.4, 0.5) is 15.2 Å². The van der Waals surface area contributed by atoms with E-state index in [1.165, 1.54) is 34.2 Å². The SMILES string of the molecule is O=C(CSc1nnc(Nc2ccccc2F)s1)N1N=C(c2cccs2)C[C@H]1c1ccco1. The first-order valence-corrected chi connectivity index (χ1v) is 12.3. The van der Waals surface area contributed by atoms with Gasteiger partial charge in [-0.3, -0.25) is 4.79 Å². The first-order chi connectivity index (χ1) is 15.7. The summed E-state index contributed by atoms with van der Waals surface area (Å²) in [6, 6.07) is 13.7. The number of rotatable bonds is 7. The molecule has 0 spiro atoms. The van der Waals surface area contributed by atoms with Crippen molar-refractivity contribution >= 4 is 56.9 Å². The summed E-state index contributed by atoms with van der Waals surface area (Å²) in [5.41, 5.74) is 1.19. The number of hydrogen-bond donors (Lipinski definition) is 1. The molecule has 1 amide bonds. The highest BCUT2D eigenvalue weighted by molar-refractivity contribution is 8.01. The Morgan fingerprint density at radius 3 is 2.91 bits per heavy atom. The van der Waals surface area contributed by atoms with Crippen molar-refractivity contribution in [1.29, 1.82) is 0 Å². The number of amides is 1. The van der Waals surface area contributed by atoms with Crippen molar-refractivity contribution in [3.63, 3.8) is 0 Å². The number of thioether (sulfide) groups is 1. The maximum atomic E-state index is 13.8. The van der Waals surface area contributed by atoms with E-state index in [1.807, 2.05) is 23.6 Å². The van der Waals surface area contributed by atoms with Crippen molar-refractivity contribution < 1.29 is 13.6 Å². The van der Waals surface area contributed by atoms with Crippen LogP contribution in [0.25, 0.3) is 0 Å². The van der Waals surface area contributed by atoms with Crippen LogP contribution in [-0.2, 0) is 4.79 Å². The number of carbonyl (C=O) groups excluding carboxylic acids is 1. The number of carbonyl (C=O) groups is 1. The lowest BCUT2D eigenvalue weighted by Crippen LogP contribution is -2.28. The van der Waals surface area contributed by atoms with Gasteiger partial charge in [-0.15, -0.1) is 21.5 Å². The number of hydrazone groups is 1. The molecule has 0 aliphatic carbocycles. The Kier molecular flexibility index (Phi) is 6.02. The minimum atomic E-state index is -0.371. The molecule has 7 nitrogen and oxygen atoms in total. The molecule has 1 aliphatic heterocycles. The van der Waals surface area contributed by atoms with E-state index in [2.05, 4.69) is 20.6 Å². The predicted molar refractivity (Wildman–Crippen MR) is 124 cm³/mol. The molecule has 0 bridgehead atoms. The van der Waals surface area contributed by atoms with Crippen LogP contribution in [-0.4, -0.2) is 32.6 Å². The molecular weight excluding hydrogens is 469 g/mol. The largest absolute Gasteiger partial charge is 0.467 e. The van der Waals surface area contributed by atoms with Crippen LogP contribution in [0.2, 0.25) is 0 Å². The first-order valence-electron chi connectivity index (χ1n) is 9.62. The van der Waals surface area contributed by atoms with Crippen molar-refractivity contribution in [1.82, 2.24) is 15.2 Å². The number of benzene rings is 1. The summed E-state index contributed by atoms with van der Waals surface area (Å²) in [5.74, 6) is 0.324. The highest BCUT2D eigenvalue weighted by atomic mass is 32.2. The molecule has 3 aromatic heterocycles. The summed E-state index contributed by atoms with van der Waals surface area (Å²) in [4.78, 5) is 14.1. The summed E-state index contributed by atoms with van der Waals surface area (Å²) < 4.78 is 20.0. The van der Waals surface area contributed by atoms with Crippen LogP contribution >= 0.6 is 34.4 Å². The van der Waals surface area contributed by atoms with Gasteiger partial charge in [-0.2, -0.15) is 5.10 Å². The molecule has 4 heterocycles. The van der Waals surface area contributed by atoms with E-state index in [4.69, 9.17) is 4.42 Å². The lowest BCUT2D eigenvalue weighted by Gasteiger charge is -2.19. The molecule has 32 heavy (non-hydrogen) atoms. The molecule has 1 N–H and O–H groups in total. The van der Waals surface area contributed by atoms with Crippen molar-refractivity contribution in [3.8, 4) is 0 Å². The standard InChI is InChI=1S/C21H16FN5O2S3/c22-13-5-1-2-6-14(13)23-20-24-25-21(32-20)31-12-19(28)27-16(17-7-3-9-29-17)11-15(26-27)18-8-4-10-30-18/h1-10,16H,11-12H2,(H,23,24)/t16-/m0/s1. The molecule has 0 saturated heterocycles. The summed E-state index contributed by atoms with van der Waals surface area (Å²) in [7, 11) is 0. The van der Waals surface area contributed by atoms with Gasteiger partial charge in [0.1, 0.15) is 17.6 Å². The second-order valence-corrected chi connectivity index (χ2v) is 9.91. The Hall–Kier alpha value is -3.02. The number of aromatic nitrogens is 2. The lowest BCUT2D eigenvalue weighted by molar-refractivity contribution is -0.130. The number of hydrogen-bond acceptors (Lipinski definition) is 9. The van der Waals surface area contributed by atoms with E-state index in [-0.39, 0.29) is 23.5 Å². The molecule has 5 rings (SSSR count). The van der Waals surface area contributed by atoms with Crippen LogP contribution < -0.4 is 5.32 Å². The Bertz CT molecular complexity index is 1240. The monoisotopic (exact) mass is 485 g/mol. The normalized spacial score (nSPS) is 15.7. The van der Waals surface area contributed by atoms with Crippen molar-refractivity contribution in [2.24, 2.45) is 5.10 Å². The van der Waals surface area contributed by atoms with Gasteiger partial charge >= 0.3 is 0 Å². The zero-order valence-electron chi connectivity index (χ0n) is 16.5. The Labute approximate surface area is 195 Å². The molecule has 0 unspecified atom stereocenters. The van der Waals surface area contributed by atoms with Gasteiger partial charge in [0.2, 0.25) is 5.13 Å². The third kappa shape index (κ3) is 4.45. The van der Waals surface area contributed by atoms with Crippen LogP contribution in [0.1, 0.15) is 23.1 Å². The maximum absolute atomic E-state index is 13.8. The number of thiophene rings is 1. The fourth-order valence-corrected chi connectivity index (χ4v) is 5.56. The fraction of sp³-hybridized carbons (Fsp3) is 0.143. The average molecular weight is 486 g/mol. The molecule has 11 heteroatoms. The Balaban J connectivity index is 1.26. The molecule has 162 valence electrons. The number of nitrogens with one attached hydrogen (secondary N) is 1. The minimum Gasteiger partial charge on any atom is -0.467 e. The average Bonchev–Trinajstić information content (AvgIpc) is 3.60. The highest BCUT2D eigenvalue weighted by Crippen LogP contribution is 2.35. The summed E-state index contributed by atoms with van der Waals surface area (Å²) >= 11 is 4.12. The maximum Gasteiger partial charge on any atom is 0.253 e. The number of furan rings is 1. The number of para-hydroxylation sites is 1. The summed E-state index contributed by atoms with van der Waals surface area (Å²) in [6.07, 6.45) is 2.20. The fourth-order valence-electron chi connectivity index (χ4n) is 3.22. The third-order valence-corrected chi connectivity index (χ3v) is 7.56. The van der Waals surface area contributed by atoms with E-state index in [0.29, 0.717) is 27.3 Å². The number of anilines is 2. The highest BCUT2D eigenvalue weighted by Gasteiger charge is 2.35. The topological polar surface area (TPSA) is 83.6 Å². The molecule has 1 atom stereocenters. The lowest BCUT2D eigenvalue weighted by atomic mass is 10.1. The molecule has 0 radical (unpaired) electrons. The smallest absolute Gasteiger partial charge is 0.253 e. The zero-order chi connectivity index (χ0) is 21.9. The van der Waals surface area contributed by atoms with Crippen LogP contribution in [0.15, 0.2) is 74.0 Å². The summed E-state index contributed by atoms with van der Waals surface area (Å²) in [6.45, 7) is 0. The third-order valence-electron chi connectivity index (χ3n) is 4.68. The molecule has 0 saturated carbocycles. The minimum absolute atomic E-state index is 0.146. The Morgan fingerprint density at radius 1 is 1.22 bits per heavy atom. The van der Waals surface area contributed by atoms with Crippen LogP contribution in [0, 0.1) is 5.82 Å². The second kappa shape index (κ2) is 9.23. The zero-order valence-corrected chi connectivity index (χ0v) is 18.9. The first kappa shape index (κ1) is 20.9. The summed E-state index contributed by atoms with van der Waals surface area (Å²) in [5, 5.41) is 19.6. The number of nitrogens with zero attached hydrogens (tertiary/aromatic N) is 4. The van der Waals surface area contributed by atoms with E-state index in [1.54, 1.807) is 41.9 Å². The van der Waals surface area contributed by atoms with E-state index >= 15 is 0 Å². The van der Waals surface area contributed by atoms with Crippen molar-refractivity contribution in [2.75, 3.05) is 11.1 Å². The van der Waals surface area contributed by atoms with Gasteiger partial charge in [-0.1, -0.05) is 41.3 Å². The van der Waals surface area contributed by atoms with Gasteiger partial charge in [0.15, 0.2) is 4.34 Å². The van der Waals surface area contributed by atoms with Gasteiger partial charge in [0, 0.05) is 6.42 Å². The van der Waals surface area contributed by atoms with Gasteiger partial charge in [-0.05, 0) is 35.7 Å². The quantitative estimate of drug-likeness (QED) is 0.346.